The monoisotopic (exact) mass is 285 g/mol. The predicted molar refractivity (Wildman–Crippen MR) is 77.5 cm³/mol. The van der Waals surface area contributed by atoms with Crippen LogP contribution in [0.25, 0.3) is 0 Å². The molecule has 0 aliphatic heterocycles. The van der Waals surface area contributed by atoms with Gasteiger partial charge in [0, 0.05) is 10.7 Å². The Hall–Kier alpha value is -2.40. The van der Waals surface area contributed by atoms with Crippen molar-refractivity contribution in [1.82, 2.24) is 20.6 Å². The van der Waals surface area contributed by atoms with Crippen LogP contribution in [0.3, 0.4) is 0 Å². The molecule has 100 valence electrons. The van der Waals surface area contributed by atoms with Crippen LogP contribution in [0.15, 0.2) is 54.6 Å². The molecule has 2 aromatic carbocycles. The molecule has 3 rings (SSSR count). The molecule has 0 bridgehead atoms. The second-order valence-electron chi connectivity index (χ2n) is 4.26. The first kappa shape index (κ1) is 12.6. The molecule has 6 heteroatoms. The van der Waals surface area contributed by atoms with Gasteiger partial charge >= 0.3 is 0 Å². The van der Waals surface area contributed by atoms with Crippen molar-refractivity contribution in [2.45, 2.75) is 6.04 Å². The smallest absolute Gasteiger partial charge is 0.201 e. The van der Waals surface area contributed by atoms with Gasteiger partial charge in [-0.15, -0.1) is 10.2 Å². The molecule has 0 radical (unpaired) electrons. The van der Waals surface area contributed by atoms with Gasteiger partial charge in [-0.1, -0.05) is 47.1 Å². The summed E-state index contributed by atoms with van der Waals surface area (Å²) in [7, 11) is 0. The Morgan fingerprint density at radius 2 is 1.75 bits per heavy atom. The van der Waals surface area contributed by atoms with Gasteiger partial charge in [0.05, 0.1) is 0 Å². The molecule has 0 aliphatic carbocycles. The van der Waals surface area contributed by atoms with Gasteiger partial charge in [-0.05, 0) is 29.8 Å². The van der Waals surface area contributed by atoms with Crippen LogP contribution in [0.5, 0.6) is 0 Å². The summed E-state index contributed by atoms with van der Waals surface area (Å²) in [5.74, 6) is 0.589. The third kappa shape index (κ3) is 2.78. The highest BCUT2D eigenvalue weighted by molar-refractivity contribution is 6.30. The van der Waals surface area contributed by atoms with Crippen LogP contribution < -0.4 is 5.32 Å². The Morgan fingerprint density at radius 3 is 2.40 bits per heavy atom. The molecule has 1 atom stereocenters. The predicted octanol–water partition coefficient (Wildman–Crippen LogP) is 3.05. The van der Waals surface area contributed by atoms with Crippen LogP contribution in [-0.2, 0) is 0 Å². The molecule has 1 aromatic heterocycles. The SMILES string of the molecule is Clc1ccc(NC(c2ccccc2)c2nn[nH]n2)cc1. The largest absolute Gasteiger partial charge is 0.371 e. The topological polar surface area (TPSA) is 66.5 Å². The number of rotatable bonds is 4. The molecule has 1 heterocycles. The summed E-state index contributed by atoms with van der Waals surface area (Å²) < 4.78 is 0. The molecule has 20 heavy (non-hydrogen) atoms. The number of halogens is 1. The number of tetrazole rings is 1. The zero-order valence-corrected chi connectivity index (χ0v) is 11.2. The number of hydrogen-bond acceptors (Lipinski definition) is 4. The highest BCUT2D eigenvalue weighted by Gasteiger charge is 2.18. The molecule has 0 spiro atoms. The van der Waals surface area contributed by atoms with Crippen LogP contribution in [0.2, 0.25) is 5.02 Å². The Balaban J connectivity index is 1.92. The molecule has 0 aliphatic rings. The van der Waals surface area contributed by atoms with E-state index in [1.807, 2.05) is 54.6 Å². The minimum absolute atomic E-state index is 0.170. The first-order valence-electron chi connectivity index (χ1n) is 6.13. The number of aromatic nitrogens is 4. The molecule has 0 saturated carbocycles. The van der Waals surface area contributed by atoms with Gasteiger partial charge in [0.2, 0.25) is 5.82 Å². The summed E-state index contributed by atoms with van der Waals surface area (Å²) in [6.45, 7) is 0. The lowest BCUT2D eigenvalue weighted by atomic mass is 10.1. The van der Waals surface area contributed by atoms with Crippen molar-refractivity contribution in [3.8, 4) is 0 Å². The number of nitrogens with one attached hydrogen (secondary N) is 2. The number of aromatic amines is 1. The fourth-order valence-electron chi connectivity index (χ4n) is 1.95. The molecule has 2 N–H and O–H groups in total. The van der Waals surface area contributed by atoms with Crippen molar-refractivity contribution >= 4 is 17.3 Å². The summed E-state index contributed by atoms with van der Waals surface area (Å²) >= 11 is 5.90. The van der Waals surface area contributed by atoms with Gasteiger partial charge < -0.3 is 5.32 Å². The summed E-state index contributed by atoms with van der Waals surface area (Å²) in [6, 6.07) is 17.3. The molecule has 0 amide bonds. The van der Waals surface area contributed by atoms with Gasteiger partial charge in [-0.25, -0.2) is 0 Å². The van der Waals surface area contributed by atoms with E-state index in [-0.39, 0.29) is 6.04 Å². The molecular weight excluding hydrogens is 274 g/mol. The molecule has 3 aromatic rings. The molecule has 1 unspecified atom stereocenters. The highest BCUT2D eigenvalue weighted by atomic mass is 35.5. The van der Waals surface area contributed by atoms with Gasteiger partial charge in [0.1, 0.15) is 6.04 Å². The van der Waals surface area contributed by atoms with E-state index >= 15 is 0 Å². The Bertz CT molecular complexity index is 652. The third-order valence-electron chi connectivity index (χ3n) is 2.91. The zero-order chi connectivity index (χ0) is 13.8. The Labute approximate surface area is 121 Å². The lowest BCUT2D eigenvalue weighted by molar-refractivity contribution is 0.835. The average Bonchev–Trinajstić information content (AvgIpc) is 3.01. The van der Waals surface area contributed by atoms with Gasteiger partial charge in [0.25, 0.3) is 0 Å². The van der Waals surface area contributed by atoms with Crippen LogP contribution in [0.4, 0.5) is 5.69 Å². The summed E-state index contributed by atoms with van der Waals surface area (Å²) in [5, 5.41) is 18.3. The van der Waals surface area contributed by atoms with Gasteiger partial charge in [-0.3, -0.25) is 0 Å². The average molecular weight is 286 g/mol. The van der Waals surface area contributed by atoms with Gasteiger partial charge in [0.15, 0.2) is 0 Å². The zero-order valence-electron chi connectivity index (χ0n) is 10.5. The Kier molecular flexibility index (Phi) is 3.60. The van der Waals surface area contributed by atoms with Crippen molar-refractivity contribution in [3.05, 3.63) is 71.0 Å². The van der Waals surface area contributed by atoms with E-state index in [2.05, 4.69) is 25.9 Å². The van der Waals surface area contributed by atoms with Crippen molar-refractivity contribution < 1.29 is 0 Å². The second-order valence-corrected chi connectivity index (χ2v) is 4.70. The van der Waals surface area contributed by atoms with E-state index in [0.717, 1.165) is 11.3 Å². The summed E-state index contributed by atoms with van der Waals surface area (Å²) in [4.78, 5) is 0. The van der Waals surface area contributed by atoms with E-state index in [9.17, 15) is 0 Å². The molecule has 0 fully saturated rings. The lowest BCUT2D eigenvalue weighted by Crippen LogP contribution is -2.14. The maximum atomic E-state index is 5.90. The number of nitrogens with zero attached hydrogens (tertiary/aromatic N) is 3. The van der Waals surface area contributed by atoms with E-state index in [0.29, 0.717) is 10.8 Å². The molecular formula is C14H12ClN5. The minimum atomic E-state index is -0.170. The van der Waals surface area contributed by atoms with Crippen molar-refractivity contribution in [2.24, 2.45) is 0 Å². The highest BCUT2D eigenvalue weighted by Crippen LogP contribution is 2.24. The number of hydrogen-bond donors (Lipinski definition) is 2. The Morgan fingerprint density at radius 1 is 1.00 bits per heavy atom. The van der Waals surface area contributed by atoms with Crippen molar-refractivity contribution in [2.75, 3.05) is 5.32 Å². The third-order valence-corrected chi connectivity index (χ3v) is 3.16. The first-order valence-corrected chi connectivity index (χ1v) is 6.51. The fraction of sp³-hybridized carbons (Fsp3) is 0.0714. The molecule has 5 nitrogen and oxygen atoms in total. The van der Waals surface area contributed by atoms with Crippen LogP contribution >= 0.6 is 11.6 Å². The van der Waals surface area contributed by atoms with E-state index in [1.54, 1.807) is 0 Å². The maximum Gasteiger partial charge on any atom is 0.201 e. The number of benzene rings is 2. The van der Waals surface area contributed by atoms with Crippen LogP contribution in [0, 0.1) is 0 Å². The second kappa shape index (κ2) is 5.71. The van der Waals surface area contributed by atoms with Crippen LogP contribution in [0.1, 0.15) is 17.4 Å². The normalized spacial score (nSPS) is 12.1. The quantitative estimate of drug-likeness (QED) is 0.773. The standard InChI is InChI=1S/C14H12ClN5/c15-11-6-8-12(9-7-11)16-13(14-17-19-20-18-14)10-4-2-1-3-5-10/h1-9,13,16H,(H,17,18,19,20). The van der Waals surface area contributed by atoms with E-state index in [1.165, 1.54) is 0 Å². The number of H-pyrrole nitrogens is 1. The number of anilines is 1. The maximum absolute atomic E-state index is 5.90. The van der Waals surface area contributed by atoms with Gasteiger partial charge in [-0.2, -0.15) is 5.21 Å². The lowest BCUT2D eigenvalue weighted by Gasteiger charge is -2.17. The van der Waals surface area contributed by atoms with Crippen LogP contribution in [-0.4, -0.2) is 20.6 Å². The van der Waals surface area contributed by atoms with E-state index < -0.39 is 0 Å². The van der Waals surface area contributed by atoms with E-state index in [4.69, 9.17) is 11.6 Å². The first-order chi connectivity index (χ1) is 9.83. The summed E-state index contributed by atoms with van der Waals surface area (Å²) in [6.07, 6.45) is 0. The fourth-order valence-corrected chi connectivity index (χ4v) is 2.07. The van der Waals surface area contributed by atoms with Crippen molar-refractivity contribution in [1.29, 1.82) is 0 Å². The molecule has 0 saturated heterocycles. The van der Waals surface area contributed by atoms with Crippen molar-refractivity contribution in [3.63, 3.8) is 0 Å². The minimum Gasteiger partial charge on any atom is -0.371 e. The summed E-state index contributed by atoms with van der Waals surface area (Å²) in [5.41, 5.74) is 2.00.